The molecule has 1 aromatic carbocycles. The van der Waals surface area contributed by atoms with Gasteiger partial charge in [-0.05, 0) is 18.6 Å². The molecule has 0 atom stereocenters. The number of rotatable bonds is 4. The average Bonchev–Trinajstić information content (AvgIpc) is 2.29. The van der Waals surface area contributed by atoms with Crippen molar-refractivity contribution in [3.8, 4) is 0 Å². The number of urea groups is 1. The fraction of sp³-hybridized carbons (Fsp3) is 0.333. The largest absolute Gasteiger partial charge is 0.478 e. The highest BCUT2D eigenvalue weighted by atomic mass is 16.4. The smallest absolute Gasteiger partial charge is 0.337 e. The van der Waals surface area contributed by atoms with Gasteiger partial charge in [0.05, 0.1) is 11.3 Å². The Bertz CT molecular complexity index is 418. The van der Waals surface area contributed by atoms with Crippen molar-refractivity contribution in [2.24, 2.45) is 0 Å². The molecule has 17 heavy (non-hydrogen) atoms. The first-order valence-corrected chi connectivity index (χ1v) is 5.40. The first kappa shape index (κ1) is 13.0. The number of amides is 2. The molecule has 0 aromatic heterocycles. The number of nitrogens with one attached hydrogen (secondary N) is 1. The van der Waals surface area contributed by atoms with Gasteiger partial charge < -0.3 is 15.3 Å². The van der Waals surface area contributed by atoms with E-state index in [0.717, 1.165) is 6.42 Å². The Kier molecular flexibility index (Phi) is 4.51. The molecule has 0 unspecified atom stereocenters. The van der Waals surface area contributed by atoms with Crippen LogP contribution in [-0.2, 0) is 0 Å². The zero-order valence-electron chi connectivity index (χ0n) is 9.93. The Labute approximate surface area is 100 Å². The predicted molar refractivity (Wildman–Crippen MR) is 65.3 cm³/mol. The first-order chi connectivity index (χ1) is 8.06. The maximum atomic E-state index is 11.7. The Morgan fingerprint density at radius 2 is 2.00 bits per heavy atom. The number of para-hydroxylation sites is 1. The van der Waals surface area contributed by atoms with Gasteiger partial charge in [-0.15, -0.1) is 0 Å². The molecule has 0 fully saturated rings. The molecule has 0 bridgehead atoms. The fourth-order valence-electron chi connectivity index (χ4n) is 1.43. The molecular weight excluding hydrogens is 220 g/mol. The lowest BCUT2D eigenvalue weighted by molar-refractivity contribution is 0.0698. The van der Waals surface area contributed by atoms with E-state index in [4.69, 9.17) is 5.11 Å². The number of carbonyl (C=O) groups excluding carboxylic acids is 1. The number of carboxylic acids is 1. The summed E-state index contributed by atoms with van der Waals surface area (Å²) in [6, 6.07) is 6.02. The van der Waals surface area contributed by atoms with Crippen molar-refractivity contribution in [1.82, 2.24) is 4.90 Å². The van der Waals surface area contributed by atoms with E-state index in [-0.39, 0.29) is 11.6 Å². The monoisotopic (exact) mass is 236 g/mol. The van der Waals surface area contributed by atoms with Crippen LogP contribution in [0.3, 0.4) is 0 Å². The molecule has 0 saturated heterocycles. The van der Waals surface area contributed by atoms with Crippen molar-refractivity contribution < 1.29 is 14.7 Å². The van der Waals surface area contributed by atoms with Gasteiger partial charge in [0.15, 0.2) is 0 Å². The fourth-order valence-corrected chi connectivity index (χ4v) is 1.43. The third-order valence-corrected chi connectivity index (χ3v) is 2.30. The molecule has 0 radical (unpaired) electrons. The topological polar surface area (TPSA) is 69.6 Å². The number of hydrogen-bond acceptors (Lipinski definition) is 2. The van der Waals surface area contributed by atoms with Crippen LogP contribution in [0.25, 0.3) is 0 Å². The van der Waals surface area contributed by atoms with Crippen molar-refractivity contribution in [2.75, 3.05) is 18.9 Å². The van der Waals surface area contributed by atoms with Crippen LogP contribution in [0.1, 0.15) is 23.7 Å². The standard InChI is InChI=1S/C12H16N2O3/c1-3-8-14(2)12(17)13-10-7-5-4-6-9(10)11(15)16/h4-7H,3,8H2,1-2H3,(H,13,17)(H,15,16). The van der Waals surface area contributed by atoms with Crippen molar-refractivity contribution in [2.45, 2.75) is 13.3 Å². The molecule has 2 amide bonds. The second-order valence-electron chi connectivity index (χ2n) is 3.70. The summed E-state index contributed by atoms with van der Waals surface area (Å²) in [6.07, 6.45) is 0.852. The Balaban J connectivity index is 2.81. The number of nitrogens with zero attached hydrogens (tertiary/aromatic N) is 1. The molecule has 0 spiro atoms. The molecule has 1 rings (SSSR count). The Hall–Kier alpha value is -2.04. The van der Waals surface area contributed by atoms with Gasteiger partial charge in [0.1, 0.15) is 0 Å². The Morgan fingerprint density at radius 1 is 1.35 bits per heavy atom. The molecular formula is C12H16N2O3. The van der Waals surface area contributed by atoms with Gasteiger partial charge in [-0.1, -0.05) is 19.1 Å². The summed E-state index contributed by atoms with van der Waals surface area (Å²) in [5.74, 6) is -1.06. The van der Waals surface area contributed by atoms with Crippen LogP contribution in [0.5, 0.6) is 0 Å². The lowest BCUT2D eigenvalue weighted by Crippen LogP contribution is -2.32. The minimum atomic E-state index is -1.06. The third-order valence-electron chi connectivity index (χ3n) is 2.30. The molecule has 1 aromatic rings. The van der Waals surface area contributed by atoms with Gasteiger partial charge in [-0.2, -0.15) is 0 Å². The normalized spacial score (nSPS) is 9.76. The van der Waals surface area contributed by atoms with Gasteiger partial charge in [0.25, 0.3) is 0 Å². The van der Waals surface area contributed by atoms with E-state index in [0.29, 0.717) is 12.2 Å². The molecule has 2 N–H and O–H groups in total. The Morgan fingerprint density at radius 3 is 2.59 bits per heavy atom. The number of hydrogen-bond donors (Lipinski definition) is 2. The van der Waals surface area contributed by atoms with Gasteiger partial charge in [-0.3, -0.25) is 0 Å². The van der Waals surface area contributed by atoms with Crippen LogP contribution in [0.15, 0.2) is 24.3 Å². The summed E-state index contributed by atoms with van der Waals surface area (Å²) < 4.78 is 0. The minimum absolute atomic E-state index is 0.0887. The third kappa shape index (κ3) is 3.48. The van der Waals surface area contributed by atoms with E-state index in [1.165, 1.54) is 11.0 Å². The average molecular weight is 236 g/mol. The molecule has 0 aliphatic carbocycles. The summed E-state index contributed by atoms with van der Waals surface area (Å²) in [6.45, 7) is 2.59. The highest BCUT2D eigenvalue weighted by Gasteiger charge is 2.13. The van der Waals surface area contributed by atoms with Gasteiger partial charge >= 0.3 is 12.0 Å². The highest BCUT2D eigenvalue weighted by Crippen LogP contribution is 2.15. The molecule has 5 heteroatoms. The van der Waals surface area contributed by atoms with Gasteiger partial charge in [0, 0.05) is 13.6 Å². The SMILES string of the molecule is CCCN(C)C(=O)Nc1ccccc1C(=O)O. The predicted octanol–water partition coefficient (Wildman–Crippen LogP) is 2.26. The van der Waals surface area contributed by atoms with E-state index in [2.05, 4.69) is 5.32 Å². The van der Waals surface area contributed by atoms with Crippen LogP contribution < -0.4 is 5.32 Å². The molecule has 0 aliphatic heterocycles. The van der Waals surface area contributed by atoms with Crippen molar-refractivity contribution in [3.63, 3.8) is 0 Å². The second kappa shape index (κ2) is 5.89. The molecule has 0 saturated carbocycles. The van der Waals surface area contributed by atoms with Crippen molar-refractivity contribution in [1.29, 1.82) is 0 Å². The first-order valence-electron chi connectivity index (χ1n) is 5.40. The zero-order valence-corrected chi connectivity index (χ0v) is 9.93. The van der Waals surface area contributed by atoms with E-state index in [1.54, 1.807) is 25.2 Å². The van der Waals surface area contributed by atoms with E-state index in [1.807, 2.05) is 6.92 Å². The van der Waals surface area contributed by atoms with E-state index < -0.39 is 5.97 Å². The van der Waals surface area contributed by atoms with Crippen molar-refractivity contribution >= 4 is 17.7 Å². The summed E-state index contributed by atoms with van der Waals surface area (Å²) in [5, 5.41) is 11.5. The van der Waals surface area contributed by atoms with Crippen LogP contribution >= 0.6 is 0 Å². The summed E-state index contributed by atoms with van der Waals surface area (Å²) in [5.41, 5.74) is 0.402. The zero-order chi connectivity index (χ0) is 12.8. The van der Waals surface area contributed by atoms with Crippen LogP contribution in [0, 0.1) is 0 Å². The summed E-state index contributed by atoms with van der Waals surface area (Å²) >= 11 is 0. The molecule has 0 heterocycles. The van der Waals surface area contributed by atoms with Gasteiger partial charge in [0.2, 0.25) is 0 Å². The second-order valence-corrected chi connectivity index (χ2v) is 3.70. The molecule has 5 nitrogen and oxygen atoms in total. The number of carboxylic acid groups (broad SMARTS) is 1. The number of carbonyl (C=O) groups is 2. The van der Waals surface area contributed by atoms with Crippen LogP contribution in [0.2, 0.25) is 0 Å². The lowest BCUT2D eigenvalue weighted by atomic mass is 10.2. The van der Waals surface area contributed by atoms with Crippen LogP contribution in [-0.4, -0.2) is 35.6 Å². The number of anilines is 1. The quantitative estimate of drug-likeness (QED) is 0.842. The van der Waals surface area contributed by atoms with Crippen LogP contribution in [0.4, 0.5) is 10.5 Å². The maximum Gasteiger partial charge on any atom is 0.337 e. The number of benzene rings is 1. The van der Waals surface area contributed by atoms with Crippen molar-refractivity contribution in [3.05, 3.63) is 29.8 Å². The van der Waals surface area contributed by atoms with E-state index >= 15 is 0 Å². The van der Waals surface area contributed by atoms with Gasteiger partial charge in [-0.25, -0.2) is 9.59 Å². The molecule has 92 valence electrons. The number of aromatic carboxylic acids is 1. The van der Waals surface area contributed by atoms with E-state index in [9.17, 15) is 9.59 Å². The lowest BCUT2D eigenvalue weighted by Gasteiger charge is -2.17. The summed E-state index contributed by atoms with van der Waals surface area (Å²) in [7, 11) is 1.67. The minimum Gasteiger partial charge on any atom is -0.478 e. The maximum absolute atomic E-state index is 11.7. The highest BCUT2D eigenvalue weighted by molar-refractivity contribution is 5.99. The summed E-state index contributed by atoms with van der Waals surface area (Å²) in [4.78, 5) is 24.1. The molecule has 0 aliphatic rings.